The lowest BCUT2D eigenvalue weighted by Crippen LogP contribution is -2.02. The van der Waals surface area contributed by atoms with Gasteiger partial charge in [-0.05, 0) is 17.7 Å². The molecule has 84 valence electrons. The van der Waals surface area contributed by atoms with Crippen molar-refractivity contribution in [1.29, 1.82) is 0 Å². The highest BCUT2D eigenvalue weighted by molar-refractivity contribution is 6.34. The third-order valence-electron chi connectivity index (χ3n) is 2.30. The van der Waals surface area contributed by atoms with E-state index in [1.54, 1.807) is 6.07 Å². The Morgan fingerprint density at radius 2 is 2.00 bits per heavy atom. The van der Waals surface area contributed by atoms with Gasteiger partial charge in [-0.3, -0.25) is 0 Å². The molecule has 6 heteroatoms. The van der Waals surface area contributed by atoms with E-state index >= 15 is 0 Å². The standard InChI is InChI=1S/C10H9ClN2O3/c11-9-7-2-6(10(15)16)5(3-14)1-8(7)12-4-13-9/h1-2,4,10,14-16H,3H2. The highest BCUT2D eigenvalue weighted by atomic mass is 35.5. The first-order valence-corrected chi connectivity index (χ1v) is 4.91. The Balaban J connectivity index is 2.76. The zero-order valence-electron chi connectivity index (χ0n) is 8.13. The Labute approximate surface area is 96.0 Å². The Kier molecular flexibility index (Phi) is 3.02. The van der Waals surface area contributed by atoms with Crippen molar-refractivity contribution in [2.24, 2.45) is 0 Å². The first kappa shape index (κ1) is 11.2. The normalized spacial score (nSPS) is 11.3. The second-order valence-corrected chi connectivity index (χ2v) is 3.62. The van der Waals surface area contributed by atoms with Crippen LogP contribution >= 0.6 is 11.6 Å². The number of rotatable bonds is 2. The molecule has 0 amide bonds. The summed E-state index contributed by atoms with van der Waals surface area (Å²) in [6.45, 7) is -0.301. The van der Waals surface area contributed by atoms with Crippen LogP contribution in [0.2, 0.25) is 5.15 Å². The molecule has 0 spiro atoms. The fraction of sp³-hybridized carbons (Fsp3) is 0.200. The molecule has 0 unspecified atom stereocenters. The summed E-state index contributed by atoms with van der Waals surface area (Å²) in [4.78, 5) is 7.77. The molecule has 2 rings (SSSR count). The highest BCUT2D eigenvalue weighted by Gasteiger charge is 2.12. The summed E-state index contributed by atoms with van der Waals surface area (Å²) in [5.41, 5.74) is 1.15. The average molecular weight is 241 g/mol. The molecule has 16 heavy (non-hydrogen) atoms. The summed E-state index contributed by atoms with van der Waals surface area (Å²) >= 11 is 5.85. The predicted octanol–water partition coefficient (Wildman–Crippen LogP) is 0.759. The lowest BCUT2D eigenvalue weighted by molar-refractivity contribution is -0.0436. The minimum Gasteiger partial charge on any atom is -0.392 e. The molecule has 3 N–H and O–H groups in total. The summed E-state index contributed by atoms with van der Waals surface area (Å²) in [7, 11) is 0. The highest BCUT2D eigenvalue weighted by Crippen LogP contribution is 2.26. The second-order valence-electron chi connectivity index (χ2n) is 3.26. The van der Waals surface area contributed by atoms with E-state index in [1.165, 1.54) is 12.4 Å². The van der Waals surface area contributed by atoms with Crippen molar-refractivity contribution in [3.8, 4) is 0 Å². The summed E-state index contributed by atoms with van der Waals surface area (Å²) in [6.07, 6.45) is -0.358. The Morgan fingerprint density at radius 1 is 1.25 bits per heavy atom. The van der Waals surface area contributed by atoms with Crippen molar-refractivity contribution in [3.63, 3.8) is 0 Å². The van der Waals surface area contributed by atoms with Gasteiger partial charge in [0.05, 0.1) is 12.1 Å². The minimum absolute atomic E-state index is 0.201. The second kappa shape index (κ2) is 4.31. The smallest absolute Gasteiger partial charge is 0.178 e. The van der Waals surface area contributed by atoms with E-state index in [0.29, 0.717) is 16.5 Å². The van der Waals surface area contributed by atoms with Gasteiger partial charge in [-0.1, -0.05) is 11.6 Å². The van der Waals surface area contributed by atoms with Gasteiger partial charge in [-0.2, -0.15) is 0 Å². The Hall–Kier alpha value is -1.27. The molecule has 0 aliphatic rings. The van der Waals surface area contributed by atoms with Crippen molar-refractivity contribution in [2.75, 3.05) is 0 Å². The third-order valence-corrected chi connectivity index (χ3v) is 2.60. The molecule has 5 nitrogen and oxygen atoms in total. The van der Waals surface area contributed by atoms with Gasteiger partial charge < -0.3 is 15.3 Å². The maximum atomic E-state index is 9.15. The van der Waals surface area contributed by atoms with Crippen LogP contribution in [0.15, 0.2) is 18.5 Å². The largest absolute Gasteiger partial charge is 0.392 e. The summed E-state index contributed by atoms with van der Waals surface area (Å²) in [5.74, 6) is 0. The van der Waals surface area contributed by atoms with E-state index in [0.717, 1.165) is 0 Å². The van der Waals surface area contributed by atoms with Crippen molar-refractivity contribution < 1.29 is 15.3 Å². The number of aliphatic hydroxyl groups is 3. The molecule has 0 atom stereocenters. The van der Waals surface area contributed by atoms with Crippen LogP contribution in [-0.4, -0.2) is 25.3 Å². The number of hydrogen-bond donors (Lipinski definition) is 3. The number of benzene rings is 1. The molecular formula is C10H9ClN2O3. The van der Waals surface area contributed by atoms with Gasteiger partial charge in [0.15, 0.2) is 6.29 Å². The quantitative estimate of drug-likeness (QED) is 0.533. The van der Waals surface area contributed by atoms with E-state index in [4.69, 9.17) is 26.9 Å². The maximum absolute atomic E-state index is 9.15. The van der Waals surface area contributed by atoms with Gasteiger partial charge in [0.1, 0.15) is 11.5 Å². The average Bonchev–Trinajstić information content (AvgIpc) is 2.27. The lowest BCUT2D eigenvalue weighted by Gasteiger charge is -2.11. The van der Waals surface area contributed by atoms with Gasteiger partial charge in [0, 0.05) is 10.9 Å². The fourth-order valence-corrected chi connectivity index (χ4v) is 1.70. The van der Waals surface area contributed by atoms with E-state index in [2.05, 4.69) is 9.97 Å². The van der Waals surface area contributed by atoms with E-state index in [-0.39, 0.29) is 17.3 Å². The van der Waals surface area contributed by atoms with Crippen LogP contribution in [0.1, 0.15) is 17.4 Å². The van der Waals surface area contributed by atoms with E-state index < -0.39 is 6.29 Å². The lowest BCUT2D eigenvalue weighted by atomic mass is 10.0. The number of halogens is 1. The molecule has 2 aromatic rings. The first-order chi connectivity index (χ1) is 7.63. The molecular weight excluding hydrogens is 232 g/mol. The van der Waals surface area contributed by atoms with Crippen molar-refractivity contribution in [3.05, 3.63) is 34.7 Å². The third kappa shape index (κ3) is 1.85. The van der Waals surface area contributed by atoms with Gasteiger partial charge in [-0.15, -0.1) is 0 Å². The van der Waals surface area contributed by atoms with Gasteiger partial charge in [0.2, 0.25) is 0 Å². The fourth-order valence-electron chi connectivity index (χ4n) is 1.51. The van der Waals surface area contributed by atoms with Gasteiger partial charge in [-0.25, -0.2) is 9.97 Å². The van der Waals surface area contributed by atoms with Crippen LogP contribution in [0.5, 0.6) is 0 Å². The van der Waals surface area contributed by atoms with Gasteiger partial charge >= 0.3 is 0 Å². The van der Waals surface area contributed by atoms with Crippen LogP contribution in [0.3, 0.4) is 0 Å². The Morgan fingerprint density at radius 3 is 2.62 bits per heavy atom. The summed E-state index contributed by atoms with van der Waals surface area (Å²) < 4.78 is 0. The molecule has 0 bridgehead atoms. The molecule has 1 aromatic heterocycles. The number of aromatic nitrogens is 2. The van der Waals surface area contributed by atoms with Crippen LogP contribution in [-0.2, 0) is 6.61 Å². The van der Waals surface area contributed by atoms with Crippen LogP contribution in [0, 0.1) is 0 Å². The molecule has 0 saturated heterocycles. The molecule has 1 aromatic carbocycles. The number of nitrogens with zero attached hydrogens (tertiary/aromatic N) is 2. The SMILES string of the molecule is OCc1cc2ncnc(Cl)c2cc1C(O)O. The maximum Gasteiger partial charge on any atom is 0.178 e. The first-order valence-electron chi connectivity index (χ1n) is 4.53. The number of hydrogen-bond acceptors (Lipinski definition) is 5. The molecule has 0 fully saturated rings. The molecule has 0 aliphatic carbocycles. The van der Waals surface area contributed by atoms with Crippen molar-refractivity contribution >= 4 is 22.5 Å². The predicted molar refractivity (Wildman–Crippen MR) is 57.6 cm³/mol. The minimum atomic E-state index is -1.66. The van der Waals surface area contributed by atoms with Crippen LogP contribution in [0.4, 0.5) is 0 Å². The number of aliphatic hydroxyl groups excluding tert-OH is 2. The topological polar surface area (TPSA) is 86.5 Å². The zero-order valence-corrected chi connectivity index (χ0v) is 8.89. The molecule has 1 heterocycles. The Bertz CT molecular complexity index is 531. The number of fused-ring (bicyclic) bond motifs is 1. The molecule has 0 saturated carbocycles. The summed E-state index contributed by atoms with van der Waals surface area (Å²) in [5, 5.41) is 28.1. The van der Waals surface area contributed by atoms with Crippen LogP contribution in [0.25, 0.3) is 10.9 Å². The van der Waals surface area contributed by atoms with Crippen LogP contribution < -0.4 is 0 Å². The van der Waals surface area contributed by atoms with E-state index in [1.807, 2.05) is 0 Å². The van der Waals surface area contributed by atoms with Crippen molar-refractivity contribution in [1.82, 2.24) is 9.97 Å². The van der Waals surface area contributed by atoms with Gasteiger partial charge in [0.25, 0.3) is 0 Å². The van der Waals surface area contributed by atoms with Crippen molar-refractivity contribution in [2.45, 2.75) is 12.9 Å². The van der Waals surface area contributed by atoms with E-state index in [9.17, 15) is 0 Å². The monoisotopic (exact) mass is 240 g/mol. The zero-order chi connectivity index (χ0) is 11.7. The molecule has 0 radical (unpaired) electrons. The summed E-state index contributed by atoms with van der Waals surface area (Å²) in [6, 6.07) is 3.02. The molecule has 0 aliphatic heterocycles.